The molecule has 0 spiro atoms. The summed E-state index contributed by atoms with van der Waals surface area (Å²) in [5, 5.41) is 4.33. The molecule has 0 aliphatic rings. The van der Waals surface area contributed by atoms with E-state index in [-0.39, 0.29) is 5.69 Å². The van der Waals surface area contributed by atoms with Crippen molar-refractivity contribution in [2.24, 2.45) is 5.73 Å². The number of hydrogen-bond acceptors (Lipinski definition) is 6. The molecule has 29 heavy (non-hydrogen) atoms. The van der Waals surface area contributed by atoms with E-state index < -0.39 is 5.91 Å². The summed E-state index contributed by atoms with van der Waals surface area (Å²) in [6.07, 6.45) is 6.86. The van der Waals surface area contributed by atoms with Crippen molar-refractivity contribution in [2.45, 2.75) is 20.4 Å². The van der Waals surface area contributed by atoms with Crippen LogP contribution in [0.4, 0.5) is 0 Å². The minimum atomic E-state index is -0.598. The summed E-state index contributed by atoms with van der Waals surface area (Å²) in [7, 11) is 0. The maximum Gasteiger partial charge on any atom is 0.269 e. The van der Waals surface area contributed by atoms with Crippen LogP contribution in [-0.4, -0.2) is 35.6 Å². The number of hydrogen-bond donors (Lipinski definition) is 1. The standard InChI is InChI=1S/C21H19N7O/c1-13-8-15(11-26-19(13)16-4-7-23-14(2)9-16)12-28-18(10-17(27-28)20(22)29)21-24-5-3-6-25-21/h3-11H,12H2,1-2H3,(H2,22,29). The number of carbonyl (C=O) groups excluding carboxylic acids is 1. The van der Waals surface area contributed by atoms with Gasteiger partial charge in [0.1, 0.15) is 5.69 Å². The van der Waals surface area contributed by atoms with Crippen LogP contribution in [0.5, 0.6) is 0 Å². The summed E-state index contributed by atoms with van der Waals surface area (Å²) in [5.41, 5.74) is 11.0. The molecule has 144 valence electrons. The number of rotatable bonds is 5. The van der Waals surface area contributed by atoms with Gasteiger partial charge >= 0.3 is 0 Å². The fourth-order valence-corrected chi connectivity index (χ4v) is 3.16. The topological polar surface area (TPSA) is 112 Å². The second-order valence-corrected chi connectivity index (χ2v) is 6.70. The van der Waals surface area contributed by atoms with Gasteiger partial charge in [0.25, 0.3) is 5.91 Å². The van der Waals surface area contributed by atoms with Crippen molar-refractivity contribution >= 4 is 5.91 Å². The van der Waals surface area contributed by atoms with Crippen molar-refractivity contribution in [3.63, 3.8) is 0 Å². The Hall–Kier alpha value is -3.94. The first-order valence-electron chi connectivity index (χ1n) is 9.05. The second-order valence-electron chi connectivity index (χ2n) is 6.70. The monoisotopic (exact) mass is 385 g/mol. The molecule has 4 aromatic heterocycles. The van der Waals surface area contributed by atoms with Crippen molar-refractivity contribution in [3.05, 3.63) is 77.6 Å². The highest BCUT2D eigenvalue weighted by Crippen LogP contribution is 2.23. The zero-order valence-corrected chi connectivity index (χ0v) is 16.1. The molecule has 0 aromatic carbocycles. The van der Waals surface area contributed by atoms with E-state index in [1.165, 1.54) is 0 Å². The van der Waals surface area contributed by atoms with Crippen LogP contribution in [0.15, 0.2) is 55.1 Å². The van der Waals surface area contributed by atoms with E-state index in [4.69, 9.17) is 5.73 Å². The van der Waals surface area contributed by atoms with E-state index in [2.05, 4.69) is 31.1 Å². The largest absolute Gasteiger partial charge is 0.364 e. The van der Waals surface area contributed by atoms with Gasteiger partial charge in [0, 0.05) is 42.1 Å². The minimum absolute atomic E-state index is 0.168. The quantitative estimate of drug-likeness (QED) is 0.565. The maximum absolute atomic E-state index is 11.6. The number of pyridine rings is 2. The number of carbonyl (C=O) groups is 1. The Labute approximate surface area is 167 Å². The highest BCUT2D eigenvalue weighted by atomic mass is 16.1. The van der Waals surface area contributed by atoms with Crippen LogP contribution in [0.3, 0.4) is 0 Å². The summed E-state index contributed by atoms with van der Waals surface area (Å²) in [6, 6.07) is 9.34. The van der Waals surface area contributed by atoms with Gasteiger partial charge in [0.2, 0.25) is 0 Å². The lowest BCUT2D eigenvalue weighted by Crippen LogP contribution is -2.13. The van der Waals surface area contributed by atoms with Gasteiger partial charge in [0.15, 0.2) is 11.5 Å². The van der Waals surface area contributed by atoms with Gasteiger partial charge in [-0.05, 0) is 43.2 Å². The SMILES string of the molecule is Cc1cc(-c2ncc(Cn3nc(C(N)=O)cc3-c3ncccn3)cc2C)ccn1. The fraction of sp³-hybridized carbons (Fsp3) is 0.143. The average Bonchev–Trinajstić information content (AvgIpc) is 3.13. The highest BCUT2D eigenvalue weighted by molar-refractivity contribution is 5.91. The third-order valence-corrected chi connectivity index (χ3v) is 4.46. The first-order chi connectivity index (χ1) is 14.0. The van der Waals surface area contributed by atoms with E-state index in [9.17, 15) is 4.79 Å². The number of primary amides is 1. The van der Waals surface area contributed by atoms with Gasteiger partial charge < -0.3 is 5.73 Å². The average molecular weight is 385 g/mol. The zero-order chi connectivity index (χ0) is 20.4. The van der Waals surface area contributed by atoms with Gasteiger partial charge in [-0.15, -0.1) is 0 Å². The predicted molar refractivity (Wildman–Crippen MR) is 108 cm³/mol. The first-order valence-corrected chi connectivity index (χ1v) is 9.05. The van der Waals surface area contributed by atoms with Gasteiger partial charge in [-0.1, -0.05) is 6.07 Å². The number of nitrogens with zero attached hydrogens (tertiary/aromatic N) is 6. The van der Waals surface area contributed by atoms with E-state index in [0.717, 1.165) is 28.1 Å². The van der Waals surface area contributed by atoms with Crippen LogP contribution >= 0.6 is 0 Å². The fourth-order valence-electron chi connectivity index (χ4n) is 3.16. The van der Waals surface area contributed by atoms with Crippen molar-refractivity contribution in [1.82, 2.24) is 29.7 Å². The van der Waals surface area contributed by atoms with E-state index in [1.54, 1.807) is 41.6 Å². The van der Waals surface area contributed by atoms with Crippen LogP contribution in [0.2, 0.25) is 0 Å². The van der Waals surface area contributed by atoms with Crippen molar-refractivity contribution in [1.29, 1.82) is 0 Å². The number of amides is 1. The molecule has 0 unspecified atom stereocenters. The Morgan fingerprint density at radius 3 is 2.52 bits per heavy atom. The molecule has 0 saturated carbocycles. The minimum Gasteiger partial charge on any atom is -0.364 e. The third kappa shape index (κ3) is 3.86. The summed E-state index contributed by atoms with van der Waals surface area (Å²) >= 11 is 0. The lowest BCUT2D eigenvalue weighted by Gasteiger charge is -2.10. The number of aryl methyl sites for hydroxylation is 2. The molecule has 4 heterocycles. The molecule has 8 heteroatoms. The zero-order valence-electron chi connectivity index (χ0n) is 16.1. The van der Waals surface area contributed by atoms with Crippen LogP contribution in [0.1, 0.15) is 27.3 Å². The molecular formula is C21H19N7O. The molecule has 0 bridgehead atoms. The second kappa shape index (κ2) is 7.59. The van der Waals surface area contributed by atoms with Crippen molar-refractivity contribution < 1.29 is 4.79 Å². The van der Waals surface area contributed by atoms with Crippen molar-refractivity contribution in [3.8, 4) is 22.8 Å². The van der Waals surface area contributed by atoms with Gasteiger partial charge in [0.05, 0.1) is 12.2 Å². The first kappa shape index (κ1) is 18.4. The lowest BCUT2D eigenvalue weighted by atomic mass is 10.1. The molecule has 4 aromatic rings. The molecule has 4 rings (SSSR count). The molecule has 2 N–H and O–H groups in total. The maximum atomic E-state index is 11.6. The highest BCUT2D eigenvalue weighted by Gasteiger charge is 2.16. The van der Waals surface area contributed by atoms with Crippen LogP contribution < -0.4 is 5.73 Å². The van der Waals surface area contributed by atoms with E-state index >= 15 is 0 Å². The molecule has 0 fully saturated rings. The Balaban J connectivity index is 1.69. The lowest BCUT2D eigenvalue weighted by molar-refractivity contribution is 0.0995. The Morgan fingerprint density at radius 2 is 1.83 bits per heavy atom. The van der Waals surface area contributed by atoms with Crippen LogP contribution in [-0.2, 0) is 6.54 Å². The molecule has 8 nitrogen and oxygen atoms in total. The van der Waals surface area contributed by atoms with Gasteiger partial charge in [-0.2, -0.15) is 5.10 Å². The summed E-state index contributed by atoms with van der Waals surface area (Å²) in [6.45, 7) is 4.37. The Morgan fingerprint density at radius 1 is 1.03 bits per heavy atom. The number of nitrogens with two attached hydrogens (primary N) is 1. The van der Waals surface area contributed by atoms with E-state index in [1.807, 2.05) is 26.0 Å². The van der Waals surface area contributed by atoms with E-state index in [0.29, 0.717) is 18.1 Å². The molecule has 0 radical (unpaired) electrons. The Kier molecular flexibility index (Phi) is 4.82. The third-order valence-electron chi connectivity index (χ3n) is 4.46. The van der Waals surface area contributed by atoms with Crippen LogP contribution in [0, 0.1) is 13.8 Å². The summed E-state index contributed by atoms with van der Waals surface area (Å²) < 4.78 is 1.67. The molecule has 1 amide bonds. The smallest absolute Gasteiger partial charge is 0.269 e. The van der Waals surface area contributed by atoms with Crippen molar-refractivity contribution in [2.75, 3.05) is 0 Å². The summed E-state index contributed by atoms with van der Waals surface area (Å²) in [4.78, 5) is 29.0. The predicted octanol–water partition coefficient (Wildman–Crippen LogP) is 2.56. The molecule has 0 aliphatic carbocycles. The molecule has 0 atom stereocenters. The molecular weight excluding hydrogens is 366 g/mol. The van der Waals surface area contributed by atoms with Gasteiger partial charge in [-0.3, -0.25) is 19.4 Å². The normalized spacial score (nSPS) is 10.8. The molecule has 0 saturated heterocycles. The van der Waals surface area contributed by atoms with Gasteiger partial charge in [-0.25, -0.2) is 9.97 Å². The molecule has 0 aliphatic heterocycles. The Bertz CT molecular complexity index is 1180. The number of aromatic nitrogens is 6. The van der Waals surface area contributed by atoms with Crippen LogP contribution in [0.25, 0.3) is 22.8 Å². The summed E-state index contributed by atoms with van der Waals surface area (Å²) in [5.74, 6) is -0.125.